The van der Waals surface area contributed by atoms with Crippen LogP contribution < -0.4 is 10.6 Å². The van der Waals surface area contributed by atoms with Gasteiger partial charge in [0.2, 0.25) is 0 Å². The Hall–Kier alpha value is -0.260. The monoisotopic (exact) mass is 217 g/mol. The van der Waals surface area contributed by atoms with Crippen molar-refractivity contribution in [1.82, 2.24) is 10.3 Å². The maximum Gasteiger partial charge on any atom is 0.182 e. The van der Waals surface area contributed by atoms with Crippen LogP contribution in [-0.2, 0) is 6.42 Å². The predicted octanol–water partition coefficient (Wildman–Crippen LogP) is 1.25. The van der Waals surface area contributed by atoms with E-state index < -0.39 is 0 Å². The van der Waals surface area contributed by atoms with Crippen molar-refractivity contribution in [3.8, 4) is 0 Å². The Morgan fingerprint density at radius 3 is 2.85 bits per heavy atom. The zero-order chi connectivity index (χ0) is 9.68. The summed E-state index contributed by atoms with van der Waals surface area (Å²) in [4.78, 5) is 5.50. The van der Waals surface area contributed by atoms with E-state index in [2.05, 4.69) is 28.2 Å². The minimum atomic E-state index is 0.438. The number of aromatic nitrogens is 1. The molecule has 5 heteroatoms. The number of thiazole rings is 1. The quantitative estimate of drug-likeness (QED) is 0.650. The third-order valence-corrected chi connectivity index (χ3v) is 3.32. The molecule has 0 fully saturated rings. The molecule has 2 N–H and O–H groups in total. The lowest BCUT2D eigenvalue weighted by Gasteiger charge is -2.10. The van der Waals surface area contributed by atoms with Gasteiger partial charge < -0.3 is 10.6 Å². The van der Waals surface area contributed by atoms with E-state index >= 15 is 0 Å². The molecule has 0 aliphatic heterocycles. The molecule has 0 amide bonds. The average molecular weight is 217 g/mol. The van der Waals surface area contributed by atoms with Gasteiger partial charge in [-0.15, -0.1) is 11.3 Å². The topological polar surface area (TPSA) is 37.0 Å². The van der Waals surface area contributed by atoms with Crippen LogP contribution in [0.1, 0.15) is 4.88 Å². The summed E-state index contributed by atoms with van der Waals surface area (Å²) in [5.41, 5.74) is 0. The Morgan fingerprint density at radius 2 is 2.38 bits per heavy atom. The van der Waals surface area contributed by atoms with Crippen LogP contribution in [0, 0.1) is 0 Å². The fraction of sp³-hybridized carbons (Fsp3) is 0.625. The van der Waals surface area contributed by atoms with Crippen molar-refractivity contribution in [3.63, 3.8) is 0 Å². The fourth-order valence-electron chi connectivity index (χ4n) is 1.02. The third-order valence-electron chi connectivity index (χ3n) is 1.84. The molecule has 0 bridgehead atoms. The van der Waals surface area contributed by atoms with Crippen molar-refractivity contribution in [2.45, 2.75) is 12.5 Å². The number of nitrogens with zero attached hydrogens (tertiary/aromatic N) is 1. The van der Waals surface area contributed by atoms with Gasteiger partial charge in [-0.05, 0) is 13.5 Å². The first-order chi connectivity index (χ1) is 6.30. The molecular weight excluding hydrogens is 202 g/mol. The lowest BCUT2D eigenvalue weighted by Crippen LogP contribution is -2.28. The third kappa shape index (κ3) is 3.17. The Labute approximate surface area is 88.4 Å². The van der Waals surface area contributed by atoms with Crippen LogP contribution >= 0.6 is 24.0 Å². The van der Waals surface area contributed by atoms with E-state index in [4.69, 9.17) is 0 Å². The van der Waals surface area contributed by atoms with E-state index in [0.29, 0.717) is 6.04 Å². The van der Waals surface area contributed by atoms with Gasteiger partial charge in [0.1, 0.15) is 0 Å². The molecular formula is C8H15N3S2. The molecule has 0 aliphatic rings. The molecule has 1 aromatic rings. The van der Waals surface area contributed by atoms with Crippen LogP contribution in [0.15, 0.2) is 6.20 Å². The second-order valence-corrected chi connectivity index (χ2v) is 4.23. The highest BCUT2D eigenvalue weighted by Gasteiger charge is 2.07. The summed E-state index contributed by atoms with van der Waals surface area (Å²) in [6.45, 7) is 0. The van der Waals surface area contributed by atoms with Crippen molar-refractivity contribution in [3.05, 3.63) is 11.1 Å². The molecule has 1 atom stereocenters. The summed E-state index contributed by atoms with van der Waals surface area (Å²) < 4.78 is 0. The molecule has 0 saturated heterocycles. The summed E-state index contributed by atoms with van der Waals surface area (Å²) in [5, 5.41) is 7.21. The second kappa shape index (κ2) is 5.47. The van der Waals surface area contributed by atoms with Crippen LogP contribution in [0.4, 0.5) is 5.13 Å². The van der Waals surface area contributed by atoms with E-state index in [1.165, 1.54) is 4.88 Å². The minimum absolute atomic E-state index is 0.438. The molecule has 0 aromatic carbocycles. The van der Waals surface area contributed by atoms with Crippen LogP contribution in [0.3, 0.4) is 0 Å². The van der Waals surface area contributed by atoms with Gasteiger partial charge in [0.25, 0.3) is 0 Å². The predicted molar refractivity (Wildman–Crippen MR) is 62.1 cm³/mol. The van der Waals surface area contributed by atoms with Crippen LogP contribution in [0.25, 0.3) is 0 Å². The maximum atomic E-state index is 4.26. The summed E-state index contributed by atoms with van der Waals surface area (Å²) in [5.74, 6) is 0.850. The Morgan fingerprint density at radius 1 is 1.62 bits per heavy atom. The van der Waals surface area contributed by atoms with E-state index in [9.17, 15) is 0 Å². The summed E-state index contributed by atoms with van der Waals surface area (Å²) in [7, 11) is 3.84. The number of anilines is 1. The van der Waals surface area contributed by atoms with Gasteiger partial charge in [-0.25, -0.2) is 4.98 Å². The number of likely N-dealkylation sites (N-methyl/N-ethyl adjacent to an activating group) is 1. The molecule has 74 valence electrons. The number of thiol groups is 1. The highest BCUT2D eigenvalue weighted by molar-refractivity contribution is 7.80. The number of rotatable bonds is 5. The summed E-state index contributed by atoms with van der Waals surface area (Å²) >= 11 is 5.96. The van der Waals surface area contributed by atoms with Crippen LogP contribution in [0.5, 0.6) is 0 Å². The molecule has 0 saturated carbocycles. The van der Waals surface area contributed by atoms with E-state index in [1.807, 2.05) is 20.3 Å². The molecule has 1 unspecified atom stereocenters. The van der Waals surface area contributed by atoms with Gasteiger partial charge in [-0.3, -0.25) is 0 Å². The maximum absolute atomic E-state index is 4.26. The lowest BCUT2D eigenvalue weighted by atomic mass is 10.2. The molecule has 1 heterocycles. The minimum Gasteiger partial charge on any atom is -0.365 e. The van der Waals surface area contributed by atoms with E-state index in [0.717, 1.165) is 17.3 Å². The Balaban J connectivity index is 2.52. The average Bonchev–Trinajstić information content (AvgIpc) is 2.61. The van der Waals surface area contributed by atoms with E-state index in [-0.39, 0.29) is 0 Å². The van der Waals surface area contributed by atoms with Gasteiger partial charge in [0.05, 0.1) is 0 Å². The van der Waals surface area contributed by atoms with Gasteiger partial charge in [0.15, 0.2) is 5.13 Å². The highest BCUT2D eigenvalue weighted by Crippen LogP contribution is 2.18. The number of nitrogens with one attached hydrogen (secondary N) is 2. The highest BCUT2D eigenvalue weighted by atomic mass is 32.1. The zero-order valence-corrected chi connectivity index (χ0v) is 9.58. The van der Waals surface area contributed by atoms with Crippen LogP contribution in [0.2, 0.25) is 0 Å². The van der Waals surface area contributed by atoms with Crippen molar-refractivity contribution >= 4 is 29.1 Å². The van der Waals surface area contributed by atoms with Gasteiger partial charge in [-0.1, -0.05) is 0 Å². The zero-order valence-electron chi connectivity index (χ0n) is 7.87. The molecule has 3 nitrogen and oxygen atoms in total. The number of hydrogen-bond acceptors (Lipinski definition) is 5. The van der Waals surface area contributed by atoms with Crippen LogP contribution in [-0.4, -0.2) is 30.9 Å². The summed E-state index contributed by atoms with van der Waals surface area (Å²) in [6, 6.07) is 0.438. The number of hydrogen-bond donors (Lipinski definition) is 3. The van der Waals surface area contributed by atoms with Crippen molar-refractivity contribution in [2.75, 3.05) is 25.2 Å². The first-order valence-corrected chi connectivity index (χ1v) is 5.65. The molecule has 1 rings (SSSR count). The second-order valence-electron chi connectivity index (χ2n) is 2.75. The summed E-state index contributed by atoms with van der Waals surface area (Å²) in [6.07, 6.45) is 2.92. The van der Waals surface area contributed by atoms with Crippen molar-refractivity contribution in [1.29, 1.82) is 0 Å². The standard InChI is InChI=1S/C8H15N3S2/c1-9-6(5-12)3-7-4-11-8(10-2)13-7/h4,6,9,12H,3,5H2,1-2H3,(H,10,11). The van der Waals surface area contributed by atoms with E-state index in [1.54, 1.807) is 11.3 Å². The first kappa shape index (κ1) is 10.8. The van der Waals surface area contributed by atoms with Crippen molar-refractivity contribution in [2.24, 2.45) is 0 Å². The Kier molecular flexibility index (Phi) is 4.55. The smallest absolute Gasteiger partial charge is 0.182 e. The first-order valence-electron chi connectivity index (χ1n) is 4.20. The molecule has 13 heavy (non-hydrogen) atoms. The van der Waals surface area contributed by atoms with Gasteiger partial charge >= 0.3 is 0 Å². The molecule has 1 aromatic heterocycles. The van der Waals surface area contributed by atoms with Gasteiger partial charge in [-0.2, -0.15) is 12.6 Å². The Bertz CT molecular complexity index is 245. The SMILES string of the molecule is CNc1ncc(CC(CS)NC)s1. The molecule has 0 spiro atoms. The molecule has 0 radical (unpaired) electrons. The largest absolute Gasteiger partial charge is 0.365 e. The lowest BCUT2D eigenvalue weighted by molar-refractivity contribution is 0.622. The van der Waals surface area contributed by atoms with Crippen molar-refractivity contribution < 1.29 is 0 Å². The van der Waals surface area contributed by atoms with Gasteiger partial charge in [0, 0.05) is 29.9 Å². The molecule has 0 aliphatic carbocycles. The fourth-order valence-corrected chi connectivity index (χ4v) is 2.18. The normalized spacial score (nSPS) is 12.8.